The van der Waals surface area contributed by atoms with E-state index in [1.807, 2.05) is 0 Å². The van der Waals surface area contributed by atoms with Crippen LogP contribution in [0.25, 0.3) is 0 Å². The number of anilines is 1. The topological polar surface area (TPSA) is 106 Å². The van der Waals surface area contributed by atoms with Gasteiger partial charge in [0.1, 0.15) is 10.6 Å². The lowest BCUT2D eigenvalue weighted by Crippen LogP contribution is -2.14. The number of nitrogens with zero attached hydrogens (tertiary/aromatic N) is 1. The number of hydrogen-bond acceptors (Lipinski definition) is 5. The molecule has 0 spiro atoms. The van der Waals surface area contributed by atoms with Crippen LogP contribution in [0.3, 0.4) is 0 Å². The number of aromatic carboxylic acids is 1. The van der Waals surface area contributed by atoms with Gasteiger partial charge in [0.25, 0.3) is 10.0 Å². The van der Waals surface area contributed by atoms with Crippen molar-refractivity contribution in [2.45, 2.75) is 4.90 Å². The number of carbonyl (C=O) groups is 1. The fourth-order valence-electron chi connectivity index (χ4n) is 1.63. The molecule has 1 heterocycles. The maximum atomic E-state index is 12.2. The fourth-order valence-corrected chi connectivity index (χ4v) is 2.65. The third-order valence-corrected chi connectivity index (χ3v) is 3.99. The van der Waals surface area contributed by atoms with Gasteiger partial charge in [-0.1, -0.05) is 0 Å². The summed E-state index contributed by atoms with van der Waals surface area (Å²) in [6, 6.07) is 6.75. The summed E-state index contributed by atoms with van der Waals surface area (Å²) in [7, 11) is -2.52. The quantitative estimate of drug-likeness (QED) is 0.869. The van der Waals surface area contributed by atoms with E-state index in [0.29, 0.717) is 0 Å². The van der Waals surface area contributed by atoms with Crippen molar-refractivity contribution in [1.82, 2.24) is 4.98 Å². The van der Waals surface area contributed by atoms with E-state index < -0.39 is 16.0 Å². The molecule has 0 aliphatic heterocycles. The molecule has 0 atom stereocenters. The Labute approximate surface area is 121 Å². The number of sulfonamides is 1. The normalized spacial score (nSPS) is 10.9. The van der Waals surface area contributed by atoms with Gasteiger partial charge in [0, 0.05) is 12.4 Å². The maximum absolute atomic E-state index is 12.2. The van der Waals surface area contributed by atoms with E-state index in [1.54, 1.807) is 0 Å². The molecule has 1 aromatic carbocycles. The van der Waals surface area contributed by atoms with Crippen molar-refractivity contribution < 1.29 is 23.1 Å². The molecule has 0 aliphatic rings. The van der Waals surface area contributed by atoms with E-state index in [9.17, 15) is 13.2 Å². The number of pyridine rings is 1. The Morgan fingerprint density at radius 2 is 2.10 bits per heavy atom. The highest BCUT2D eigenvalue weighted by Gasteiger charge is 2.18. The second-order valence-corrected chi connectivity index (χ2v) is 5.70. The van der Waals surface area contributed by atoms with Crippen molar-refractivity contribution in [3.63, 3.8) is 0 Å². The molecular formula is C13H12N2O5S. The van der Waals surface area contributed by atoms with Crippen LogP contribution in [-0.4, -0.2) is 31.6 Å². The molecule has 7 nitrogen and oxygen atoms in total. The van der Waals surface area contributed by atoms with Gasteiger partial charge in [-0.15, -0.1) is 0 Å². The first-order valence-electron chi connectivity index (χ1n) is 5.78. The molecule has 8 heteroatoms. The summed E-state index contributed by atoms with van der Waals surface area (Å²) < 4.78 is 31.7. The third-order valence-electron chi connectivity index (χ3n) is 2.64. The largest absolute Gasteiger partial charge is 0.495 e. The highest BCUT2D eigenvalue weighted by molar-refractivity contribution is 7.92. The number of hydrogen-bond donors (Lipinski definition) is 2. The Balaban J connectivity index is 2.43. The van der Waals surface area contributed by atoms with Crippen LogP contribution < -0.4 is 9.46 Å². The lowest BCUT2D eigenvalue weighted by molar-refractivity contribution is 0.0697. The Morgan fingerprint density at radius 1 is 1.33 bits per heavy atom. The Morgan fingerprint density at radius 3 is 2.67 bits per heavy atom. The van der Waals surface area contributed by atoms with Gasteiger partial charge < -0.3 is 9.84 Å². The minimum Gasteiger partial charge on any atom is -0.495 e. The number of carboxylic acid groups (broad SMARTS) is 1. The first-order valence-corrected chi connectivity index (χ1v) is 7.26. The zero-order valence-corrected chi connectivity index (χ0v) is 11.8. The fraction of sp³-hybridized carbons (Fsp3) is 0.0769. The summed E-state index contributed by atoms with van der Waals surface area (Å²) >= 11 is 0. The molecule has 2 aromatic rings. The van der Waals surface area contributed by atoms with Gasteiger partial charge in [-0.3, -0.25) is 9.71 Å². The van der Waals surface area contributed by atoms with Crippen molar-refractivity contribution in [2.75, 3.05) is 11.8 Å². The van der Waals surface area contributed by atoms with Crippen molar-refractivity contribution in [3.05, 3.63) is 48.3 Å². The number of ether oxygens (including phenoxy) is 1. The van der Waals surface area contributed by atoms with Gasteiger partial charge in [-0.2, -0.15) is 0 Å². The molecule has 0 saturated heterocycles. The molecule has 0 bridgehead atoms. The lowest BCUT2D eigenvalue weighted by atomic mass is 10.2. The monoisotopic (exact) mass is 308 g/mol. The van der Waals surface area contributed by atoms with Crippen LogP contribution in [0.1, 0.15) is 10.4 Å². The number of rotatable bonds is 5. The summed E-state index contributed by atoms with van der Waals surface area (Å²) in [5, 5.41) is 8.96. The molecule has 1 aromatic heterocycles. The molecule has 0 amide bonds. The molecule has 0 unspecified atom stereocenters. The number of benzene rings is 1. The standard InChI is InChI=1S/C13H12N2O5S/c1-20-12-5-4-9(13(16)17)7-11(12)15-21(18,19)10-3-2-6-14-8-10/h2-8,15H,1H3,(H,16,17). The molecule has 0 saturated carbocycles. The number of nitrogens with one attached hydrogen (secondary N) is 1. The SMILES string of the molecule is COc1ccc(C(=O)O)cc1NS(=O)(=O)c1cccnc1. The highest BCUT2D eigenvalue weighted by Crippen LogP contribution is 2.27. The van der Waals surface area contributed by atoms with E-state index >= 15 is 0 Å². The first-order chi connectivity index (χ1) is 9.94. The van der Waals surface area contributed by atoms with Crippen LogP contribution >= 0.6 is 0 Å². The van der Waals surface area contributed by atoms with Crippen LogP contribution in [0, 0.1) is 0 Å². The zero-order valence-electron chi connectivity index (χ0n) is 11.0. The molecule has 2 rings (SSSR count). The minimum atomic E-state index is -3.87. The third kappa shape index (κ3) is 3.29. The van der Waals surface area contributed by atoms with Gasteiger partial charge in [0.05, 0.1) is 18.4 Å². The Bertz CT molecular complexity index is 759. The predicted octanol–water partition coefficient (Wildman–Crippen LogP) is 1.59. The summed E-state index contributed by atoms with van der Waals surface area (Å²) in [4.78, 5) is 14.7. The summed E-state index contributed by atoms with van der Waals surface area (Å²) in [5.74, 6) is -0.952. The molecule has 21 heavy (non-hydrogen) atoms. The Hall–Kier alpha value is -2.61. The molecular weight excluding hydrogens is 296 g/mol. The van der Waals surface area contributed by atoms with E-state index in [1.165, 1.54) is 49.8 Å². The van der Waals surface area contributed by atoms with Crippen LogP contribution in [0.4, 0.5) is 5.69 Å². The number of methoxy groups -OCH3 is 1. The summed E-state index contributed by atoms with van der Waals surface area (Å²) in [6.07, 6.45) is 2.64. The second-order valence-electron chi connectivity index (χ2n) is 4.01. The van der Waals surface area contributed by atoms with E-state index in [-0.39, 0.29) is 21.9 Å². The second kappa shape index (κ2) is 5.80. The lowest BCUT2D eigenvalue weighted by Gasteiger charge is -2.12. The van der Waals surface area contributed by atoms with Gasteiger partial charge in [-0.05, 0) is 30.3 Å². The van der Waals surface area contributed by atoms with Crippen molar-refractivity contribution in [3.8, 4) is 5.75 Å². The maximum Gasteiger partial charge on any atom is 0.335 e. The molecule has 0 aliphatic carbocycles. The van der Waals surface area contributed by atoms with Gasteiger partial charge in [0.15, 0.2) is 0 Å². The average Bonchev–Trinajstić information content (AvgIpc) is 2.47. The molecule has 110 valence electrons. The van der Waals surface area contributed by atoms with Crippen LogP contribution in [0.15, 0.2) is 47.6 Å². The molecule has 0 fully saturated rings. The molecule has 2 N–H and O–H groups in total. The minimum absolute atomic E-state index is 0.0345. The van der Waals surface area contributed by atoms with E-state index in [2.05, 4.69) is 9.71 Å². The highest BCUT2D eigenvalue weighted by atomic mass is 32.2. The number of aromatic nitrogens is 1. The van der Waals surface area contributed by atoms with Crippen molar-refractivity contribution >= 4 is 21.7 Å². The van der Waals surface area contributed by atoms with Crippen molar-refractivity contribution in [2.24, 2.45) is 0 Å². The zero-order chi connectivity index (χ0) is 15.5. The van der Waals surface area contributed by atoms with Gasteiger partial charge in [-0.25, -0.2) is 13.2 Å². The molecule has 0 radical (unpaired) electrons. The summed E-state index contributed by atoms with van der Waals surface area (Å²) in [5.41, 5.74) is -0.0130. The van der Waals surface area contributed by atoms with Crippen LogP contribution in [0.5, 0.6) is 5.75 Å². The average molecular weight is 308 g/mol. The first kappa shape index (κ1) is 14.8. The summed E-state index contributed by atoms with van der Waals surface area (Å²) in [6.45, 7) is 0. The van der Waals surface area contributed by atoms with E-state index in [0.717, 1.165) is 0 Å². The Kier molecular flexibility index (Phi) is 4.08. The predicted molar refractivity (Wildman–Crippen MR) is 75.0 cm³/mol. The van der Waals surface area contributed by atoms with E-state index in [4.69, 9.17) is 9.84 Å². The van der Waals surface area contributed by atoms with Crippen LogP contribution in [0.2, 0.25) is 0 Å². The van der Waals surface area contributed by atoms with Gasteiger partial charge in [0.2, 0.25) is 0 Å². The number of carboxylic acids is 1. The van der Waals surface area contributed by atoms with Gasteiger partial charge >= 0.3 is 5.97 Å². The smallest absolute Gasteiger partial charge is 0.335 e. The van der Waals surface area contributed by atoms with Crippen molar-refractivity contribution in [1.29, 1.82) is 0 Å². The van der Waals surface area contributed by atoms with Crippen LogP contribution in [-0.2, 0) is 10.0 Å².